The number of halogens is 3. The highest BCUT2D eigenvalue weighted by molar-refractivity contribution is 5.91. The van der Waals surface area contributed by atoms with Crippen molar-refractivity contribution in [2.24, 2.45) is 0 Å². The first-order valence-electron chi connectivity index (χ1n) is 7.35. The van der Waals surface area contributed by atoms with Gasteiger partial charge in [-0.15, -0.1) is 5.10 Å². The molecule has 1 N–H and O–H groups in total. The van der Waals surface area contributed by atoms with Crippen LogP contribution in [0.1, 0.15) is 21.6 Å². The zero-order valence-electron chi connectivity index (χ0n) is 12.9. The minimum Gasteiger partial charge on any atom is -0.347 e. The molecule has 128 valence electrons. The van der Waals surface area contributed by atoms with Gasteiger partial charge >= 0.3 is 6.18 Å². The summed E-state index contributed by atoms with van der Waals surface area (Å²) in [4.78, 5) is 12.1. The Kier molecular flexibility index (Phi) is 4.51. The van der Waals surface area contributed by atoms with Crippen LogP contribution in [0.4, 0.5) is 13.2 Å². The van der Waals surface area contributed by atoms with E-state index in [2.05, 4.69) is 15.6 Å². The number of nitrogens with one attached hydrogen (secondary N) is 1. The van der Waals surface area contributed by atoms with Crippen LogP contribution in [0, 0.1) is 0 Å². The van der Waals surface area contributed by atoms with Gasteiger partial charge in [-0.3, -0.25) is 4.79 Å². The molecule has 0 bridgehead atoms. The number of aromatic nitrogens is 3. The Hall–Kier alpha value is -3.16. The third-order valence-electron chi connectivity index (χ3n) is 3.45. The van der Waals surface area contributed by atoms with Crippen molar-refractivity contribution in [2.75, 3.05) is 0 Å². The first-order chi connectivity index (χ1) is 11.9. The number of para-hydroxylation sites is 1. The largest absolute Gasteiger partial charge is 0.416 e. The predicted octanol–water partition coefficient (Wildman–Crippen LogP) is 3.22. The number of alkyl halides is 3. The number of carbonyl (C=O) groups is 1. The van der Waals surface area contributed by atoms with Crippen LogP contribution in [-0.4, -0.2) is 20.9 Å². The molecule has 0 saturated carbocycles. The lowest BCUT2D eigenvalue weighted by atomic mass is 10.1. The molecular formula is C17H13F3N4O. The highest BCUT2D eigenvalue weighted by atomic mass is 19.4. The van der Waals surface area contributed by atoms with Gasteiger partial charge in [-0.05, 0) is 29.8 Å². The van der Waals surface area contributed by atoms with E-state index in [1.165, 1.54) is 23.0 Å². The number of benzene rings is 2. The molecule has 0 spiro atoms. The summed E-state index contributed by atoms with van der Waals surface area (Å²) in [5.74, 6) is -0.514. The number of amides is 1. The molecule has 2 aromatic carbocycles. The normalized spacial score (nSPS) is 11.3. The van der Waals surface area contributed by atoms with Crippen molar-refractivity contribution >= 4 is 5.91 Å². The van der Waals surface area contributed by atoms with Gasteiger partial charge < -0.3 is 5.32 Å². The van der Waals surface area contributed by atoms with Crippen molar-refractivity contribution in [3.63, 3.8) is 0 Å². The summed E-state index contributed by atoms with van der Waals surface area (Å²) < 4.78 is 39.5. The van der Waals surface area contributed by atoms with E-state index >= 15 is 0 Å². The monoisotopic (exact) mass is 346 g/mol. The van der Waals surface area contributed by atoms with Gasteiger partial charge in [-0.1, -0.05) is 35.5 Å². The zero-order valence-corrected chi connectivity index (χ0v) is 12.9. The van der Waals surface area contributed by atoms with Crippen molar-refractivity contribution in [1.29, 1.82) is 0 Å². The van der Waals surface area contributed by atoms with E-state index in [1.807, 2.05) is 18.2 Å². The lowest BCUT2D eigenvalue weighted by Crippen LogP contribution is -2.23. The average Bonchev–Trinajstić information content (AvgIpc) is 3.10. The standard InChI is InChI=1S/C17H13F3N4O/c18-17(19,20)13-6-4-5-12(9-13)10-21-16(25)15-11-24(23-22-15)14-7-2-1-3-8-14/h1-9,11H,10H2,(H,21,25). The molecular weight excluding hydrogens is 333 g/mol. The van der Waals surface area contributed by atoms with E-state index in [0.29, 0.717) is 5.56 Å². The fourth-order valence-electron chi connectivity index (χ4n) is 2.21. The molecule has 0 saturated heterocycles. The van der Waals surface area contributed by atoms with Gasteiger partial charge in [-0.2, -0.15) is 13.2 Å². The third-order valence-corrected chi connectivity index (χ3v) is 3.45. The van der Waals surface area contributed by atoms with Crippen LogP contribution in [-0.2, 0) is 12.7 Å². The predicted molar refractivity (Wildman–Crippen MR) is 84.0 cm³/mol. The Bertz CT molecular complexity index is 875. The van der Waals surface area contributed by atoms with Crippen LogP contribution in [0.2, 0.25) is 0 Å². The second-order valence-electron chi connectivity index (χ2n) is 5.26. The quantitative estimate of drug-likeness (QED) is 0.789. The van der Waals surface area contributed by atoms with Gasteiger partial charge in [-0.25, -0.2) is 4.68 Å². The average molecular weight is 346 g/mol. The summed E-state index contributed by atoms with van der Waals surface area (Å²) in [5, 5.41) is 10.2. The van der Waals surface area contributed by atoms with Gasteiger partial charge in [0, 0.05) is 6.54 Å². The number of nitrogens with zero attached hydrogens (tertiary/aromatic N) is 3. The minimum absolute atomic E-state index is 0.0407. The van der Waals surface area contributed by atoms with Gasteiger partial charge in [0.15, 0.2) is 5.69 Å². The van der Waals surface area contributed by atoms with Crippen LogP contribution in [0.25, 0.3) is 5.69 Å². The van der Waals surface area contributed by atoms with Crippen LogP contribution in [0.5, 0.6) is 0 Å². The van der Waals surface area contributed by atoms with Crippen LogP contribution in [0.3, 0.4) is 0 Å². The van der Waals surface area contributed by atoms with Crippen molar-refractivity contribution in [1.82, 2.24) is 20.3 Å². The SMILES string of the molecule is O=C(NCc1cccc(C(F)(F)F)c1)c1cn(-c2ccccc2)nn1. The number of rotatable bonds is 4. The summed E-state index contributed by atoms with van der Waals surface area (Å²) in [5.41, 5.74) is 0.413. The van der Waals surface area contributed by atoms with Crippen molar-refractivity contribution in [2.45, 2.75) is 12.7 Å². The maximum atomic E-state index is 12.7. The topological polar surface area (TPSA) is 59.8 Å². The smallest absolute Gasteiger partial charge is 0.347 e. The number of hydrogen-bond acceptors (Lipinski definition) is 3. The second-order valence-corrected chi connectivity index (χ2v) is 5.26. The molecule has 1 aromatic heterocycles. The second kappa shape index (κ2) is 6.76. The molecule has 25 heavy (non-hydrogen) atoms. The molecule has 5 nitrogen and oxygen atoms in total. The van der Waals surface area contributed by atoms with Gasteiger partial charge in [0.05, 0.1) is 17.4 Å². The van der Waals surface area contributed by atoms with E-state index in [1.54, 1.807) is 12.1 Å². The van der Waals surface area contributed by atoms with E-state index in [9.17, 15) is 18.0 Å². The molecule has 3 aromatic rings. The fourth-order valence-corrected chi connectivity index (χ4v) is 2.21. The maximum absolute atomic E-state index is 12.7. The number of carbonyl (C=O) groups excluding carboxylic acids is 1. The molecule has 8 heteroatoms. The highest BCUT2D eigenvalue weighted by Gasteiger charge is 2.30. The molecule has 0 atom stereocenters. The van der Waals surface area contributed by atoms with Gasteiger partial charge in [0.1, 0.15) is 0 Å². The Labute approximate surface area is 141 Å². The van der Waals surface area contributed by atoms with E-state index in [-0.39, 0.29) is 12.2 Å². The Morgan fingerprint density at radius 1 is 1.08 bits per heavy atom. The Morgan fingerprint density at radius 2 is 1.84 bits per heavy atom. The molecule has 0 radical (unpaired) electrons. The molecule has 0 unspecified atom stereocenters. The van der Waals surface area contributed by atoms with Crippen molar-refractivity contribution in [3.05, 3.63) is 77.6 Å². The third kappa shape index (κ3) is 4.03. The molecule has 1 heterocycles. The fraction of sp³-hybridized carbons (Fsp3) is 0.118. The first kappa shape index (κ1) is 16.7. The van der Waals surface area contributed by atoms with Gasteiger partial charge in [0.25, 0.3) is 5.91 Å². The molecule has 0 fully saturated rings. The molecule has 1 amide bonds. The molecule has 0 aliphatic rings. The van der Waals surface area contributed by atoms with Gasteiger partial charge in [0.2, 0.25) is 0 Å². The van der Waals surface area contributed by atoms with E-state index in [4.69, 9.17) is 0 Å². The summed E-state index contributed by atoms with van der Waals surface area (Å²) in [6.07, 6.45) is -2.96. The van der Waals surface area contributed by atoms with Crippen molar-refractivity contribution < 1.29 is 18.0 Å². The lowest BCUT2D eigenvalue weighted by molar-refractivity contribution is -0.137. The van der Waals surface area contributed by atoms with Crippen LogP contribution >= 0.6 is 0 Å². The van der Waals surface area contributed by atoms with Crippen LogP contribution < -0.4 is 5.32 Å². The molecule has 3 rings (SSSR count). The summed E-state index contributed by atoms with van der Waals surface area (Å²) in [7, 11) is 0. The summed E-state index contributed by atoms with van der Waals surface area (Å²) in [6.45, 7) is -0.0407. The highest BCUT2D eigenvalue weighted by Crippen LogP contribution is 2.29. The molecule has 0 aliphatic heterocycles. The van der Waals surface area contributed by atoms with Crippen molar-refractivity contribution in [3.8, 4) is 5.69 Å². The van der Waals surface area contributed by atoms with E-state index in [0.717, 1.165) is 17.8 Å². The van der Waals surface area contributed by atoms with Crippen LogP contribution in [0.15, 0.2) is 60.8 Å². The zero-order chi connectivity index (χ0) is 17.9. The Balaban J connectivity index is 1.67. The first-order valence-corrected chi connectivity index (χ1v) is 7.35. The molecule has 0 aliphatic carbocycles. The minimum atomic E-state index is -4.42. The summed E-state index contributed by atoms with van der Waals surface area (Å²) in [6, 6.07) is 13.9. The number of hydrogen-bond donors (Lipinski definition) is 1. The Morgan fingerprint density at radius 3 is 2.56 bits per heavy atom. The van der Waals surface area contributed by atoms with E-state index < -0.39 is 17.6 Å². The lowest BCUT2D eigenvalue weighted by Gasteiger charge is -2.09. The summed E-state index contributed by atoms with van der Waals surface area (Å²) >= 11 is 0. The maximum Gasteiger partial charge on any atom is 0.416 e.